The maximum atomic E-state index is 12.5. The first-order chi connectivity index (χ1) is 11.1. The minimum Gasteiger partial charge on any atom is -0.339 e. The van der Waals surface area contributed by atoms with Gasteiger partial charge in [-0.25, -0.2) is 0 Å². The minimum absolute atomic E-state index is 0.0352. The summed E-state index contributed by atoms with van der Waals surface area (Å²) >= 11 is 1.30. The first-order valence-corrected chi connectivity index (χ1v) is 8.44. The van der Waals surface area contributed by atoms with Crippen molar-refractivity contribution in [1.82, 2.24) is 15.1 Å². The first-order valence-electron chi connectivity index (χ1n) is 7.56. The Kier molecular flexibility index (Phi) is 4.66. The molecule has 1 saturated heterocycles. The molecule has 0 atom stereocenters. The Hall–Kier alpha value is -2.28. The van der Waals surface area contributed by atoms with E-state index in [4.69, 9.17) is 0 Å². The van der Waals surface area contributed by atoms with Gasteiger partial charge in [0.05, 0.1) is 0 Å². The number of piperidine rings is 1. The molecular formula is C16H18N4O2S. The summed E-state index contributed by atoms with van der Waals surface area (Å²) in [6.07, 6.45) is 1.34. The predicted molar refractivity (Wildman–Crippen MR) is 88.3 cm³/mol. The minimum atomic E-state index is -0.0824. The average molecular weight is 330 g/mol. The van der Waals surface area contributed by atoms with Crippen molar-refractivity contribution in [2.75, 3.05) is 18.4 Å². The smallest absolute Gasteiger partial charge is 0.253 e. The van der Waals surface area contributed by atoms with Crippen LogP contribution in [0.4, 0.5) is 5.13 Å². The third-order valence-corrected chi connectivity index (χ3v) is 4.65. The molecule has 7 heteroatoms. The number of amides is 2. The highest BCUT2D eigenvalue weighted by Gasteiger charge is 2.28. The van der Waals surface area contributed by atoms with Crippen molar-refractivity contribution >= 4 is 28.3 Å². The van der Waals surface area contributed by atoms with Crippen molar-refractivity contribution in [1.29, 1.82) is 0 Å². The number of nitrogens with zero attached hydrogens (tertiary/aromatic N) is 3. The molecule has 1 aromatic heterocycles. The van der Waals surface area contributed by atoms with Crippen LogP contribution < -0.4 is 5.32 Å². The molecule has 6 nitrogen and oxygen atoms in total. The van der Waals surface area contributed by atoms with Gasteiger partial charge in [0.1, 0.15) is 5.51 Å². The van der Waals surface area contributed by atoms with E-state index in [0.717, 1.165) is 5.56 Å². The van der Waals surface area contributed by atoms with Crippen LogP contribution in [-0.4, -0.2) is 40.0 Å². The Labute approximate surface area is 138 Å². The highest BCUT2D eigenvalue weighted by Crippen LogP contribution is 2.21. The number of hydrogen-bond donors (Lipinski definition) is 1. The van der Waals surface area contributed by atoms with E-state index in [0.29, 0.717) is 36.6 Å². The number of likely N-dealkylation sites (tertiary alicyclic amines) is 1. The molecule has 0 unspecified atom stereocenters. The second-order valence-corrected chi connectivity index (χ2v) is 6.50. The number of carbonyl (C=O) groups excluding carboxylic acids is 2. The molecule has 0 bridgehead atoms. The molecule has 1 aliphatic rings. The third-order valence-electron chi connectivity index (χ3n) is 4.04. The normalized spacial score (nSPS) is 15.4. The molecule has 120 valence electrons. The molecule has 2 aromatic rings. The van der Waals surface area contributed by atoms with E-state index in [1.807, 2.05) is 36.1 Å². The van der Waals surface area contributed by atoms with Crippen molar-refractivity contribution in [3.8, 4) is 0 Å². The summed E-state index contributed by atoms with van der Waals surface area (Å²) in [6, 6.07) is 7.59. The zero-order chi connectivity index (χ0) is 16.2. The van der Waals surface area contributed by atoms with Gasteiger partial charge in [0.25, 0.3) is 5.91 Å². The number of aryl methyl sites for hydroxylation is 1. The van der Waals surface area contributed by atoms with Gasteiger partial charge in [-0.2, -0.15) is 0 Å². The monoisotopic (exact) mass is 330 g/mol. The van der Waals surface area contributed by atoms with Gasteiger partial charge in [0.2, 0.25) is 11.0 Å². The van der Waals surface area contributed by atoms with Gasteiger partial charge in [-0.3, -0.25) is 9.59 Å². The number of nitrogens with one attached hydrogen (secondary N) is 1. The molecule has 1 aromatic carbocycles. The Bertz CT molecular complexity index is 677. The summed E-state index contributed by atoms with van der Waals surface area (Å²) in [4.78, 5) is 26.4. The molecule has 23 heavy (non-hydrogen) atoms. The molecule has 0 aliphatic carbocycles. The predicted octanol–water partition coefficient (Wildman–Crippen LogP) is 2.34. The van der Waals surface area contributed by atoms with Crippen LogP contribution >= 0.6 is 11.3 Å². The van der Waals surface area contributed by atoms with Crippen molar-refractivity contribution in [3.63, 3.8) is 0 Å². The number of rotatable bonds is 3. The zero-order valence-corrected chi connectivity index (χ0v) is 13.7. The number of aromatic nitrogens is 2. The molecule has 1 fully saturated rings. The van der Waals surface area contributed by atoms with E-state index < -0.39 is 0 Å². The van der Waals surface area contributed by atoms with E-state index in [1.54, 1.807) is 5.51 Å². The van der Waals surface area contributed by atoms with Crippen molar-refractivity contribution in [2.24, 2.45) is 5.92 Å². The fourth-order valence-electron chi connectivity index (χ4n) is 2.66. The number of benzene rings is 1. The molecule has 3 rings (SSSR count). The summed E-state index contributed by atoms with van der Waals surface area (Å²) in [6.45, 7) is 3.19. The van der Waals surface area contributed by atoms with E-state index in [9.17, 15) is 9.59 Å². The highest BCUT2D eigenvalue weighted by molar-refractivity contribution is 7.13. The first kappa shape index (κ1) is 15.6. The van der Waals surface area contributed by atoms with Crippen LogP contribution in [0.5, 0.6) is 0 Å². The van der Waals surface area contributed by atoms with Crippen LogP contribution in [0.2, 0.25) is 0 Å². The standard InChI is InChI=1S/C16H18N4O2S/c1-11-2-4-13(5-3-11)15(22)20-8-6-12(7-9-20)14(21)18-16-19-17-10-23-16/h2-5,10,12H,6-9H2,1H3,(H,18,19,21). The Balaban J connectivity index is 1.54. The number of anilines is 1. The largest absolute Gasteiger partial charge is 0.339 e. The quantitative estimate of drug-likeness (QED) is 0.937. The molecular weight excluding hydrogens is 312 g/mol. The van der Waals surface area contributed by atoms with Gasteiger partial charge in [-0.05, 0) is 31.9 Å². The summed E-state index contributed by atoms with van der Waals surface area (Å²) in [5.74, 6) is -0.0851. The molecule has 2 amide bonds. The van der Waals surface area contributed by atoms with Crippen LogP contribution in [0.25, 0.3) is 0 Å². The van der Waals surface area contributed by atoms with Crippen LogP contribution in [-0.2, 0) is 4.79 Å². The number of carbonyl (C=O) groups is 2. The van der Waals surface area contributed by atoms with Gasteiger partial charge in [0.15, 0.2) is 0 Å². The second kappa shape index (κ2) is 6.87. The van der Waals surface area contributed by atoms with Crippen molar-refractivity contribution in [3.05, 3.63) is 40.9 Å². The lowest BCUT2D eigenvalue weighted by Crippen LogP contribution is -2.41. The van der Waals surface area contributed by atoms with E-state index in [2.05, 4.69) is 15.5 Å². The molecule has 1 aliphatic heterocycles. The molecule has 0 saturated carbocycles. The van der Waals surface area contributed by atoms with Gasteiger partial charge >= 0.3 is 0 Å². The maximum Gasteiger partial charge on any atom is 0.253 e. The van der Waals surface area contributed by atoms with Gasteiger partial charge < -0.3 is 10.2 Å². The summed E-state index contributed by atoms with van der Waals surface area (Å²) in [7, 11) is 0. The van der Waals surface area contributed by atoms with Crippen LogP contribution in [0.1, 0.15) is 28.8 Å². The van der Waals surface area contributed by atoms with Crippen LogP contribution in [0, 0.1) is 12.8 Å². The third kappa shape index (κ3) is 3.73. The SMILES string of the molecule is Cc1ccc(C(=O)N2CCC(C(=O)Nc3nncs3)CC2)cc1. The average Bonchev–Trinajstić information content (AvgIpc) is 3.08. The van der Waals surface area contributed by atoms with Crippen LogP contribution in [0.15, 0.2) is 29.8 Å². The second-order valence-electron chi connectivity index (χ2n) is 5.67. The Morgan fingerprint density at radius 1 is 1.22 bits per heavy atom. The zero-order valence-electron chi connectivity index (χ0n) is 12.9. The Morgan fingerprint density at radius 3 is 2.52 bits per heavy atom. The van der Waals surface area contributed by atoms with Crippen LogP contribution in [0.3, 0.4) is 0 Å². The van der Waals surface area contributed by atoms with Crippen molar-refractivity contribution in [2.45, 2.75) is 19.8 Å². The molecule has 1 N–H and O–H groups in total. The summed E-state index contributed by atoms with van der Waals surface area (Å²) < 4.78 is 0. The fraction of sp³-hybridized carbons (Fsp3) is 0.375. The fourth-order valence-corrected chi connectivity index (χ4v) is 3.11. The summed E-state index contributed by atoms with van der Waals surface area (Å²) in [5, 5.41) is 10.8. The van der Waals surface area contributed by atoms with Gasteiger partial charge in [-0.15, -0.1) is 10.2 Å². The van der Waals surface area contributed by atoms with E-state index in [-0.39, 0.29) is 17.7 Å². The lowest BCUT2D eigenvalue weighted by molar-refractivity contribution is -0.121. The maximum absolute atomic E-state index is 12.5. The van der Waals surface area contributed by atoms with E-state index in [1.165, 1.54) is 11.3 Å². The summed E-state index contributed by atoms with van der Waals surface area (Å²) in [5.41, 5.74) is 3.42. The molecule has 0 radical (unpaired) electrons. The molecule has 0 spiro atoms. The Morgan fingerprint density at radius 2 is 1.91 bits per heavy atom. The lowest BCUT2D eigenvalue weighted by Gasteiger charge is -2.31. The lowest BCUT2D eigenvalue weighted by atomic mass is 9.95. The van der Waals surface area contributed by atoms with Gasteiger partial charge in [0, 0.05) is 24.6 Å². The van der Waals surface area contributed by atoms with Gasteiger partial charge in [-0.1, -0.05) is 29.0 Å². The van der Waals surface area contributed by atoms with E-state index >= 15 is 0 Å². The molecule has 2 heterocycles. The van der Waals surface area contributed by atoms with Crippen molar-refractivity contribution < 1.29 is 9.59 Å². The topological polar surface area (TPSA) is 75.2 Å². The highest BCUT2D eigenvalue weighted by atomic mass is 32.1. The number of hydrogen-bond acceptors (Lipinski definition) is 5.